The van der Waals surface area contributed by atoms with E-state index >= 15 is 0 Å². The number of esters is 1. The first kappa shape index (κ1) is 13.8. The lowest BCUT2D eigenvalue weighted by molar-refractivity contribution is -0.152. The number of carbonyl (C=O) groups is 1. The summed E-state index contributed by atoms with van der Waals surface area (Å²) in [5.41, 5.74) is 6.10. The van der Waals surface area contributed by atoms with Crippen molar-refractivity contribution in [2.24, 2.45) is 29.4 Å². The predicted molar refractivity (Wildman–Crippen MR) is 68.9 cm³/mol. The SMILES string of the molecule is CC(C)COCCOC(=O)C1C2CCC(C2)C1N. The summed E-state index contributed by atoms with van der Waals surface area (Å²) >= 11 is 0. The monoisotopic (exact) mass is 255 g/mol. The number of rotatable bonds is 6. The van der Waals surface area contributed by atoms with Gasteiger partial charge in [0, 0.05) is 12.6 Å². The van der Waals surface area contributed by atoms with E-state index in [1.54, 1.807) is 0 Å². The zero-order valence-corrected chi connectivity index (χ0v) is 11.4. The first-order chi connectivity index (χ1) is 8.59. The van der Waals surface area contributed by atoms with Crippen LogP contribution in [0.5, 0.6) is 0 Å². The molecule has 0 amide bonds. The Morgan fingerprint density at radius 3 is 2.61 bits per heavy atom. The van der Waals surface area contributed by atoms with Gasteiger partial charge >= 0.3 is 5.97 Å². The van der Waals surface area contributed by atoms with Gasteiger partial charge in [0.05, 0.1) is 12.5 Å². The highest BCUT2D eigenvalue weighted by Crippen LogP contribution is 2.47. The summed E-state index contributed by atoms with van der Waals surface area (Å²) in [6.07, 6.45) is 3.44. The van der Waals surface area contributed by atoms with Crippen LogP contribution in [0.25, 0.3) is 0 Å². The maximum Gasteiger partial charge on any atom is 0.310 e. The molecule has 18 heavy (non-hydrogen) atoms. The van der Waals surface area contributed by atoms with Crippen molar-refractivity contribution in [2.45, 2.75) is 39.2 Å². The van der Waals surface area contributed by atoms with Gasteiger partial charge in [-0.1, -0.05) is 13.8 Å². The number of hydrogen-bond acceptors (Lipinski definition) is 4. The van der Waals surface area contributed by atoms with Crippen LogP contribution in [-0.2, 0) is 14.3 Å². The molecular weight excluding hydrogens is 230 g/mol. The highest BCUT2D eigenvalue weighted by atomic mass is 16.6. The summed E-state index contributed by atoms with van der Waals surface area (Å²) in [5.74, 6) is 1.36. The number of hydrogen-bond donors (Lipinski definition) is 1. The molecule has 2 rings (SSSR count). The highest BCUT2D eigenvalue weighted by molar-refractivity contribution is 5.74. The van der Waals surface area contributed by atoms with E-state index in [9.17, 15) is 4.79 Å². The first-order valence-electron chi connectivity index (χ1n) is 7.09. The fourth-order valence-electron chi connectivity index (χ4n) is 3.30. The molecule has 0 aromatic carbocycles. The van der Waals surface area contributed by atoms with Crippen LogP contribution in [0.1, 0.15) is 33.1 Å². The van der Waals surface area contributed by atoms with E-state index < -0.39 is 0 Å². The molecule has 0 heterocycles. The largest absolute Gasteiger partial charge is 0.463 e. The standard InChI is InChI=1S/C14H25NO3/c1-9(2)8-17-5-6-18-14(16)12-10-3-4-11(7-10)13(12)15/h9-13H,3-8,15H2,1-2H3. The quantitative estimate of drug-likeness (QED) is 0.578. The smallest absolute Gasteiger partial charge is 0.310 e. The summed E-state index contributed by atoms with van der Waals surface area (Å²) in [4.78, 5) is 12.0. The molecule has 0 saturated heterocycles. The minimum atomic E-state index is -0.108. The maximum atomic E-state index is 12.0. The number of carbonyl (C=O) groups excluding carboxylic acids is 1. The third-order valence-corrected chi connectivity index (χ3v) is 4.18. The van der Waals surface area contributed by atoms with E-state index in [4.69, 9.17) is 15.2 Å². The van der Waals surface area contributed by atoms with E-state index in [-0.39, 0.29) is 17.9 Å². The van der Waals surface area contributed by atoms with E-state index in [0.29, 0.717) is 37.6 Å². The van der Waals surface area contributed by atoms with Crippen LogP contribution in [0.3, 0.4) is 0 Å². The summed E-state index contributed by atoms with van der Waals surface area (Å²) in [6.45, 7) is 5.75. The lowest BCUT2D eigenvalue weighted by Crippen LogP contribution is -2.41. The molecule has 2 aliphatic carbocycles. The van der Waals surface area contributed by atoms with Crippen molar-refractivity contribution in [3.8, 4) is 0 Å². The van der Waals surface area contributed by atoms with Gasteiger partial charge in [-0.15, -0.1) is 0 Å². The topological polar surface area (TPSA) is 61.5 Å². The highest BCUT2D eigenvalue weighted by Gasteiger charge is 2.49. The second kappa shape index (κ2) is 6.02. The molecule has 2 aliphatic rings. The van der Waals surface area contributed by atoms with Gasteiger partial charge in [0.1, 0.15) is 6.61 Å². The molecule has 4 nitrogen and oxygen atoms in total. The van der Waals surface area contributed by atoms with Crippen LogP contribution in [0.15, 0.2) is 0 Å². The van der Waals surface area contributed by atoms with Gasteiger partial charge in [0.15, 0.2) is 0 Å². The molecule has 0 spiro atoms. The lowest BCUT2D eigenvalue weighted by Gasteiger charge is -2.26. The van der Waals surface area contributed by atoms with Crippen LogP contribution in [-0.4, -0.2) is 31.8 Å². The summed E-state index contributed by atoms with van der Waals surface area (Å²) in [5, 5.41) is 0. The van der Waals surface area contributed by atoms with Crippen molar-refractivity contribution in [3.63, 3.8) is 0 Å². The van der Waals surface area contributed by atoms with Gasteiger partial charge in [-0.3, -0.25) is 4.79 Å². The molecule has 2 bridgehead atoms. The van der Waals surface area contributed by atoms with Crippen LogP contribution < -0.4 is 5.73 Å². The molecule has 2 N–H and O–H groups in total. The van der Waals surface area contributed by atoms with E-state index in [1.165, 1.54) is 6.42 Å². The first-order valence-corrected chi connectivity index (χ1v) is 7.09. The minimum Gasteiger partial charge on any atom is -0.463 e. The zero-order chi connectivity index (χ0) is 13.1. The maximum absolute atomic E-state index is 12.0. The number of nitrogens with two attached hydrogens (primary N) is 1. The summed E-state index contributed by atoms with van der Waals surface area (Å²) in [7, 11) is 0. The van der Waals surface area contributed by atoms with Crippen molar-refractivity contribution >= 4 is 5.97 Å². The molecule has 4 unspecified atom stereocenters. The van der Waals surface area contributed by atoms with Crippen molar-refractivity contribution < 1.29 is 14.3 Å². The Bertz CT molecular complexity index is 291. The summed E-state index contributed by atoms with van der Waals surface area (Å²) in [6, 6.07) is 0.0211. The van der Waals surface area contributed by atoms with Gasteiger partial charge in [-0.05, 0) is 37.0 Å². The van der Waals surface area contributed by atoms with Gasteiger partial charge in [-0.25, -0.2) is 0 Å². The van der Waals surface area contributed by atoms with Crippen molar-refractivity contribution in [3.05, 3.63) is 0 Å². The minimum absolute atomic E-state index is 0.0211. The second-order valence-corrected chi connectivity index (χ2v) is 6.07. The molecule has 4 atom stereocenters. The molecule has 0 radical (unpaired) electrons. The molecule has 2 fully saturated rings. The Morgan fingerprint density at radius 1 is 1.28 bits per heavy atom. The Labute approximate surface area is 109 Å². The molecule has 104 valence electrons. The second-order valence-electron chi connectivity index (χ2n) is 6.07. The fourth-order valence-corrected chi connectivity index (χ4v) is 3.30. The van der Waals surface area contributed by atoms with E-state index in [1.807, 2.05) is 0 Å². The third kappa shape index (κ3) is 3.04. The van der Waals surface area contributed by atoms with Crippen LogP contribution in [0.4, 0.5) is 0 Å². The van der Waals surface area contributed by atoms with Crippen molar-refractivity contribution in [2.75, 3.05) is 19.8 Å². The molecule has 0 aliphatic heterocycles. The van der Waals surface area contributed by atoms with Crippen molar-refractivity contribution in [1.82, 2.24) is 0 Å². The Balaban J connectivity index is 1.66. The van der Waals surface area contributed by atoms with Gasteiger partial charge in [-0.2, -0.15) is 0 Å². The number of ether oxygens (including phenoxy) is 2. The number of fused-ring (bicyclic) bond motifs is 2. The van der Waals surface area contributed by atoms with Crippen LogP contribution >= 0.6 is 0 Å². The molecule has 2 saturated carbocycles. The Morgan fingerprint density at radius 2 is 2.00 bits per heavy atom. The van der Waals surface area contributed by atoms with Gasteiger partial charge < -0.3 is 15.2 Å². The molecule has 0 aromatic rings. The average Bonchev–Trinajstić information content (AvgIpc) is 2.88. The van der Waals surface area contributed by atoms with Crippen LogP contribution in [0, 0.1) is 23.7 Å². The lowest BCUT2D eigenvalue weighted by atomic mass is 9.85. The zero-order valence-electron chi connectivity index (χ0n) is 11.4. The van der Waals surface area contributed by atoms with E-state index in [0.717, 1.165) is 12.8 Å². The summed E-state index contributed by atoms with van der Waals surface area (Å²) < 4.78 is 10.7. The molecular formula is C14H25NO3. The average molecular weight is 255 g/mol. The predicted octanol–water partition coefficient (Wildman–Crippen LogP) is 1.58. The molecule has 4 heteroatoms. The molecule has 0 aromatic heterocycles. The fraction of sp³-hybridized carbons (Fsp3) is 0.929. The Hall–Kier alpha value is -0.610. The normalized spacial score (nSPS) is 34.2. The van der Waals surface area contributed by atoms with Gasteiger partial charge in [0.2, 0.25) is 0 Å². The van der Waals surface area contributed by atoms with Crippen molar-refractivity contribution in [1.29, 1.82) is 0 Å². The van der Waals surface area contributed by atoms with E-state index in [2.05, 4.69) is 13.8 Å². The van der Waals surface area contributed by atoms with Gasteiger partial charge in [0.25, 0.3) is 0 Å². The van der Waals surface area contributed by atoms with Crippen LogP contribution in [0.2, 0.25) is 0 Å². The Kier molecular flexibility index (Phi) is 4.62. The third-order valence-electron chi connectivity index (χ3n) is 4.18.